The molecule has 5 heterocycles. The summed E-state index contributed by atoms with van der Waals surface area (Å²) in [6.45, 7) is 6.90. The van der Waals surface area contributed by atoms with Crippen molar-refractivity contribution in [3.63, 3.8) is 0 Å². The van der Waals surface area contributed by atoms with Gasteiger partial charge in [-0.1, -0.05) is 32.4 Å². The Kier molecular flexibility index (Phi) is 8.85. The van der Waals surface area contributed by atoms with E-state index in [1.165, 1.54) is 51.3 Å². The van der Waals surface area contributed by atoms with Crippen LogP contribution in [0.5, 0.6) is 0 Å². The first-order valence-electron chi connectivity index (χ1n) is 13.6. The van der Waals surface area contributed by atoms with Crippen LogP contribution in [-0.4, -0.2) is 73.1 Å². The molecular weight excluding hydrogens is 594 g/mol. The Morgan fingerprint density at radius 1 is 1.09 bits per heavy atom. The molecular formula is C29H30ClN7O5S. The van der Waals surface area contributed by atoms with Crippen molar-refractivity contribution in [1.29, 1.82) is 0 Å². The molecule has 5 rings (SSSR count). The Labute approximate surface area is 256 Å². The Bertz CT molecular complexity index is 1720. The summed E-state index contributed by atoms with van der Waals surface area (Å²) in [4.78, 5) is 64.0. The van der Waals surface area contributed by atoms with Gasteiger partial charge in [-0.15, -0.1) is 11.3 Å². The number of rotatable bonds is 8. The first kappa shape index (κ1) is 30.3. The van der Waals surface area contributed by atoms with Gasteiger partial charge < -0.3 is 15.0 Å². The Hall–Kier alpha value is -4.20. The molecule has 0 aliphatic carbocycles. The molecule has 4 aromatic heterocycles. The lowest BCUT2D eigenvalue weighted by atomic mass is 9.96. The number of pyridine rings is 1. The number of anilines is 1. The normalized spacial score (nSPS) is 13.6. The fourth-order valence-electron chi connectivity index (χ4n) is 4.45. The van der Waals surface area contributed by atoms with Crippen LogP contribution < -0.4 is 10.9 Å². The van der Waals surface area contributed by atoms with E-state index in [0.717, 1.165) is 4.88 Å². The number of ketones is 1. The number of ether oxygens (including phenoxy) is 1. The number of hydrogen-bond donors (Lipinski definition) is 1. The van der Waals surface area contributed by atoms with Gasteiger partial charge in [-0.2, -0.15) is 9.78 Å². The van der Waals surface area contributed by atoms with Crippen molar-refractivity contribution in [2.24, 2.45) is 5.41 Å². The molecule has 1 aliphatic rings. The molecule has 0 spiro atoms. The van der Waals surface area contributed by atoms with Gasteiger partial charge in [0.15, 0.2) is 0 Å². The second kappa shape index (κ2) is 12.6. The summed E-state index contributed by atoms with van der Waals surface area (Å²) in [5, 5.41) is 7.85. The molecule has 43 heavy (non-hydrogen) atoms. The second-order valence-corrected chi connectivity index (χ2v) is 12.7. The number of nitrogens with zero attached hydrogens (tertiary/aromatic N) is 6. The van der Waals surface area contributed by atoms with E-state index in [1.807, 2.05) is 6.07 Å². The van der Waals surface area contributed by atoms with Crippen LogP contribution in [0.15, 0.2) is 53.7 Å². The van der Waals surface area contributed by atoms with Crippen LogP contribution in [0.25, 0.3) is 11.4 Å². The molecule has 1 N–H and O–H groups in total. The monoisotopic (exact) mass is 623 g/mol. The first-order chi connectivity index (χ1) is 20.5. The number of aromatic nitrogens is 5. The van der Waals surface area contributed by atoms with Gasteiger partial charge in [0.05, 0.1) is 36.3 Å². The molecule has 1 aliphatic heterocycles. The van der Waals surface area contributed by atoms with Gasteiger partial charge in [0, 0.05) is 47.3 Å². The van der Waals surface area contributed by atoms with Gasteiger partial charge in [-0.3, -0.25) is 23.7 Å². The number of nitrogens with one attached hydrogen (secondary N) is 1. The third-order valence-corrected chi connectivity index (χ3v) is 7.95. The van der Waals surface area contributed by atoms with Crippen molar-refractivity contribution in [2.75, 3.05) is 31.6 Å². The summed E-state index contributed by atoms with van der Waals surface area (Å²) >= 11 is 7.50. The van der Waals surface area contributed by atoms with E-state index in [2.05, 4.69) is 20.4 Å². The van der Waals surface area contributed by atoms with E-state index in [9.17, 15) is 19.2 Å². The van der Waals surface area contributed by atoms with Gasteiger partial charge in [0.1, 0.15) is 23.5 Å². The highest BCUT2D eigenvalue weighted by Gasteiger charge is 2.29. The van der Waals surface area contributed by atoms with Crippen molar-refractivity contribution in [3.8, 4) is 11.4 Å². The van der Waals surface area contributed by atoms with E-state index >= 15 is 0 Å². The standard InChI is InChI=1S/C29H30ClN7O5S/c1-29(2,3)28(41)37-25(32-15-19-4-5-24(30)43-19)14-21(34-37)22-12-18(27(40)35-8-10-42-11-9-35)13-26(39)36(22)16-23(38)20-6-7-31-17-33-20/h4-7,12-14,17,32H,8-11,15-16H2,1-3H3. The SMILES string of the molecule is CC(C)(C)C(=O)n1nc(-c2cc(C(=O)N3CCOCC3)cc(=O)n2CC(=O)c2ccncn2)cc1NCc1ccc(Cl)s1. The van der Waals surface area contributed by atoms with Crippen molar-refractivity contribution in [2.45, 2.75) is 33.9 Å². The Morgan fingerprint density at radius 3 is 2.51 bits per heavy atom. The maximum absolute atomic E-state index is 13.5. The minimum atomic E-state index is -0.789. The topological polar surface area (TPSA) is 141 Å². The lowest BCUT2D eigenvalue weighted by Crippen LogP contribution is -2.41. The van der Waals surface area contributed by atoms with E-state index in [-0.39, 0.29) is 41.0 Å². The molecule has 0 saturated carbocycles. The number of carbonyl (C=O) groups is 3. The molecule has 4 aromatic rings. The molecule has 12 nitrogen and oxygen atoms in total. The average Bonchev–Trinajstić information content (AvgIpc) is 3.62. The van der Waals surface area contributed by atoms with Crippen LogP contribution in [0.4, 0.5) is 5.82 Å². The van der Waals surface area contributed by atoms with Crippen LogP contribution in [0.1, 0.15) is 51.3 Å². The van der Waals surface area contributed by atoms with Crippen LogP contribution in [0, 0.1) is 5.41 Å². The first-order valence-corrected chi connectivity index (χ1v) is 14.7. The van der Waals surface area contributed by atoms with Gasteiger partial charge >= 0.3 is 0 Å². The molecule has 1 saturated heterocycles. The maximum Gasteiger partial charge on any atom is 0.254 e. The van der Waals surface area contributed by atoms with E-state index in [4.69, 9.17) is 16.3 Å². The van der Waals surface area contributed by atoms with Gasteiger partial charge in [0.2, 0.25) is 5.78 Å². The number of halogens is 1. The molecule has 224 valence electrons. The number of amides is 1. The average molecular weight is 624 g/mol. The fraction of sp³-hybridized carbons (Fsp3) is 0.345. The molecule has 0 atom stereocenters. The molecule has 14 heteroatoms. The van der Waals surface area contributed by atoms with E-state index < -0.39 is 16.8 Å². The molecule has 0 aromatic carbocycles. The predicted octanol–water partition coefficient (Wildman–Crippen LogP) is 3.87. The number of thiophene rings is 1. The number of hydrogen-bond acceptors (Lipinski definition) is 10. The molecule has 0 radical (unpaired) electrons. The summed E-state index contributed by atoms with van der Waals surface area (Å²) in [5.74, 6) is -0.687. The minimum absolute atomic E-state index is 0.131. The quantitative estimate of drug-likeness (QED) is 0.290. The third-order valence-electron chi connectivity index (χ3n) is 6.72. The summed E-state index contributed by atoms with van der Waals surface area (Å²) in [5.41, 5.74) is -0.652. The van der Waals surface area contributed by atoms with Gasteiger partial charge in [0.25, 0.3) is 17.4 Å². The maximum atomic E-state index is 13.5. The van der Waals surface area contributed by atoms with Gasteiger partial charge in [-0.25, -0.2) is 9.97 Å². The summed E-state index contributed by atoms with van der Waals surface area (Å²) in [6, 6.07) is 9.50. The molecule has 0 bridgehead atoms. The summed E-state index contributed by atoms with van der Waals surface area (Å²) in [6.07, 6.45) is 2.69. The number of morpholine rings is 1. The number of carbonyl (C=O) groups excluding carboxylic acids is 3. The highest BCUT2D eigenvalue weighted by molar-refractivity contribution is 7.16. The summed E-state index contributed by atoms with van der Waals surface area (Å²) in [7, 11) is 0. The molecule has 1 fully saturated rings. The van der Waals surface area contributed by atoms with E-state index in [1.54, 1.807) is 37.8 Å². The fourth-order valence-corrected chi connectivity index (χ4v) is 5.48. The van der Waals surface area contributed by atoms with Crippen molar-refractivity contribution < 1.29 is 19.1 Å². The molecule has 1 amide bonds. The van der Waals surface area contributed by atoms with Crippen LogP contribution in [0.3, 0.4) is 0 Å². The zero-order valence-electron chi connectivity index (χ0n) is 23.9. The lowest BCUT2D eigenvalue weighted by molar-refractivity contribution is 0.0302. The van der Waals surface area contributed by atoms with Crippen molar-refractivity contribution in [1.82, 2.24) is 29.2 Å². The van der Waals surface area contributed by atoms with E-state index in [0.29, 0.717) is 43.0 Å². The Balaban J connectivity index is 1.61. The van der Waals surface area contributed by atoms with Crippen molar-refractivity contribution >= 4 is 46.4 Å². The van der Waals surface area contributed by atoms with Crippen LogP contribution in [0.2, 0.25) is 4.34 Å². The lowest BCUT2D eigenvalue weighted by Gasteiger charge is -2.27. The van der Waals surface area contributed by atoms with Crippen LogP contribution >= 0.6 is 22.9 Å². The second-order valence-electron chi connectivity index (χ2n) is 10.9. The third kappa shape index (κ3) is 6.90. The van der Waals surface area contributed by atoms with Crippen molar-refractivity contribution in [3.05, 3.63) is 79.7 Å². The predicted molar refractivity (Wildman–Crippen MR) is 162 cm³/mol. The Morgan fingerprint density at radius 2 is 1.86 bits per heavy atom. The highest BCUT2D eigenvalue weighted by atomic mass is 35.5. The highest BCUT2D eigenvalue weighted by Crippen LogP contribution is 2.28. The minimum Gasteiger partial charge on any atom is -0.378 e. The summed E-state index contributed by atoms with van der Waals surface area (Å²) < 4.78 is 8.48. The zero-order valence-corrected chi connectivity index (χ0v) is 25.4. The van der Waals surface area contributed by atoms with Crippen LogP contribution in [-0.2, 0) is 17.8 Å². The number of Topliss-reactive ketones (excluding diaryl/α,β-unsaturated/α-hetero) is 1. The smallest absolute Gasteiger partial charge is 0.254 e. The largest absolute Gasteiger partial charge is 0.378 e. The van der Waals surface area contributed by atoms with Gasteiger partial charge in [-0.05, 0) is 24.3 Å². The zero-order chi connectivity index (χ0) is 30.7. The molecule has 0 unspecified atom stereocenters.